The fourth-order valence-corrected chi connectivity index (χ4v) is 1.80. The zero-order valence-electron chi connectivity index (χ0n) is 8.79. The van der Waals surface area contributed by atoms with Crippen LogP contribution in [0.5, 0.6) is 0 Å². The summed E-state index contributed by atoms with van der Waals surface area (Å²) in [6.07, 6.45) is 0. The summed E-state index contributed by atoms with van der Waals surface area (Å²) in [5.41, 5.74) is 1.93. The second-order valence-corrected chi connectivity index (χ2v) is 3.57. The summed E-state index contributed by atoms with van der Waals surface area (Å²) in [6.45, 7) is 3.24. The first-order chi connectivity index (χ1) is 7.31. The van der Waals surface area contributed by atoms with Crippen molar-refractivity contribution < 1.29 is 9.13 Å². The first kappa shape index (κ1) is 10.2. The van der Waals surface area contributed by atoms with Crippen molar-refractivity contribution in [1.82, 2.24) is 0 Å². The predicted octanol–water partition coefficient (Wildman–Crippen LogP) is 1.70. The molecule has 0 atom stereocenters. The van der Waals surface area contributed by atoms with Gasteiger partial charge in [0.1, 0.15) is 5.82 Å². The fourth-order valence-electron chi connectivity index (χ4n) is 1.80. The van der Waals surface area contributed by atoms with Gasteiger partial charge in [-0.3, -0.25) is 0 Å². The van der Waals surface area contributed by atoms with Crippen LogP contribution in [-0.4, -0.2) is 33.4 Å². The molecule has 2 rings (SSSR count). The Balaban J connectivity index is 2.20. The van der Waals surface area contributed by atoms with Crippen LogP contribution < -0.4 is 10.2 Å². The Morgan fingerprint density at radius 3 is 3.20 bits per heavy atom. The van der Waals surface area contributed by atoms with Gasteiger partial charge >= 0.3 is 0 Å². The molecule has 0 aromatic heterocycles. The molecule has 82 valence electrons. The first-order valence-corrected chi connectivity index (χ1v) is 5.08. The third kappa shape index (κ3) is 2.21. The number of ether oxygens (including phenoxy) is 1. The van der Waals surface area contributed by atoms with Crippen molar-refractivity contribution >= 4 is 11.4 Å². The lowest BCUT2D eigenvalue weighted by Gasteiger charge is -2.31. The highest BCUT2D eigenvalue weighted by Gasteiger charge is 2.16. The minimum absolute atomic E-state index is 0.195. The van der Waals surface area contributed by atoms with Crippen LogP contribution in [0.3, 0.4) is 0 Å². The Morgan fingerprint density at radius 2 is 2.40 bits per heavy atom. The first-order valence-electron chi connectivity index (χ1n) is 5.08. The van der Waals surface area contributed by atoms with E-state index in [-0.39, 0.29) is 5.82 Å². The predicted molar refractivity (Wildman–Crippen MR) is 59.0 cm³/mol. The number of methoxy groups -OCH3 is 1. The number of nitrogens with one attached hydrogen (secondary N) is 1. The Kier molecular flexibility index (Phi) is 3.06. The summed E-state index contributed by atoms with van der Waals surface area (Å²) in [6, 6.07) is 4.83. The zero-order valence-corrected chi connectivity index (χ0v) is 8.79. The normalized spacial score (nSPS) is 14.7. The number of hydrogen-bond acceptors (Lipinski definition) is 3. The molecule has 1 aromatic carbocycles. The summed E-state index contributed by atoms with van der Waals surface area (Å²) in [4.78, 5) is 2.14. The summed E-state index contributed by atoms with van der Waals surface area (Å²) in [7, 11) is 1.68. The van der Waals surface area contributed by atoms with E-state index in [4.69, 9.17) is 4.74 Å². The second kappa shape index (κ2) is 4.49. The molecule has 1 aromatic rings. The molecule has 1 N–H and O–H groups in total. The molecule has 4 heteroatoms. The highest BCUT2D eigenvalue weighted by Crippen LogP contribution is 2.29. The van der Waals surface area contributed by atoms with Crippen molar-refractivity contribution in [3.63, 3.8) is 0 Å². The Morgan fingerprint density at radius 1 is 1.53 bits per heavy atom. The van der Waals surface area contributed by atoms with Crippen molar-refractivity contribution in [3.8, 4) is 0 Å². The number of halogens is 1. The van der Waals surface area contributed by atoms with E-state index in [1.807, 2.05) is 0 Å². The smallest absolute Gasteiger partial charge is 0.125 e. The molecule has 3 nitrogen and oxygen atoms in total. The number of hydrogen-bond donors (Lipinski definition) is 1. The maximum absolute atomic E-state index is 13.1. The van der Waals surface area contributed by atoms with Gasteiger partial charge in [0, 0.05) is 26.7 Å². The van der Waals surface area contributed by atoms with Crippen molar-refractivity contribution in [2.75, 3.05) is 43.6 Å². The van der Waals surface area contributed by atoms with E-state index < -0.39 is 0 Å². The molecule has 1 heterocycles. The van der Waals surface area contributed by atoms with E-state index in [0.717, 1.165) is 31.0 Å². The number of benzene rings is 1. The number of nitrogens with zero attached hydrogens (tertiary/aromatic N) is 1. The van der Waals surface area contributed by atoms with Gasteiger partial charge in [0.05, 0.1) is 18.0 Å². The van der Waals surface area contributed by atoms with E-state index in [9.17, 15) is 4.39 Å². The Bertz CT molecular complexity index is 343. The van der Waals surface area contributed by atoms with Crippen LogP contribution in [-0.2, 0) is 4.74 Å². The zero-order chi connectivity index (χ0) is 10.7. The minimum atomic E-state index is -0.195. The quantitative estimate of drug-likeness (QED) is 0.821. The summed E-state index contributed by atoms with van der Waals surface area (Å²) < 4.78 is 18.1. The standard InChI is InChI=1S/C11H15FN2O/c1-15-7-6-14-5-4-13-10-3-2-9(12)8-11(10)14/h2-3,8,13H,4-7H2,1H3. The van der Waals surface area contributed by atoms with Gasteiger partial charge in [0.15, 0.2) is 0 Å². The molecule has 0 saturated heterocycles. The number of fused-ring (bicyclic) bond motifs is 1. The summed E-state index contributed by atoms with van der Waals surface area (Å²) >= 11 is 0. The molecule has 0 saturated carbocycles. The maximum atomic E-state index is 13.1. The molecule has 0 bridgehead atoms. The SMILES string of the molecule is COCCN1CCNc2ccc(F)cc21. The average Bonchev–Trinajstić information content (AvgIpc) is 2.26. The highest BCUT2D eigenvalue weighted by atomic mass is 19.1. The summed E-state index contributed by atoms with van der Waals surface area (Å²) in [5, 5.41) is 3.25. The molecule has 0 aliphatic carbocycles. The van der Waals surface area contributed by atoms with E-state index in [1.165, 1.54) is 6.07 Å². The van der Waals surface area contributed by atoms with Crippen LogP contribution >= 0.6 is 0 Å². The van der Waals surface area contributed by atoms with Gasteiger partial charge in [-0.2, -0.15) is 0 Å². The van der Waals surface area contributed by atoms with Crippen LogP contribution in [0.4, 0.5) is 15.8 Å². The Hall–Kier alpha value is -1.29. The van der Waals surface area contributed by atoms with Crippen LogP contribution in [0.2, 0.25) is 0 Å². The van der Waals surface area contributed by atoms with Crippen molar-refractivity contribution in [2.24, 2.45) is 0 Å². The number of anilines is 2. The van der Waals surface area contributed by atoms with Gasteiger partial charge in [-0.25, -0.2) is 4.39 Å². The van der Waals surface area contributed by atoms with Crippen molar-refractivity contribution in [1.29, 1.82) is 0 Å². The van der Waals surface area contributed by atoms with Gasteiger partial charge in [0.2, 0.25) is 0 Å². The van der Waals surface area contributed by atoms with Crippen LogP contribution in [0.1, 0.15) is 0 Å². The molecule has 1 aliphatic heterocycles. The van der Waals surface area contributed by atoms with Gasteiger partial charge in [-0.1, -0.05) is 0 Å². The second-order valence-electron chi connectivity index (χ2n) is 3.57. The third-order valence-corrected chi connectivity index (χ3v) is 2.56. The third-order valence-electron chi connectivity index (χ3n) is 2.56. The molecule has 0 amide bonds. The minimum Gasteiger partial charge on any atom is -0.383 e. The summed E-state index contributed by atoms with van der Waals surface area (Å²) in [5.74, 6) is -0.195. The van der Waals surface area contributed by atoms with E-state index in [2.05, 4.69) is 10.2 Å². The lowest BCUT2D eigenvalue weighted by Crippen LogP contribution is -2.36. The van der Waals surface area contributed by atoms with E-state index in [1.54, 1.807) is 19.2 Å². The van der Waals surface area contributed by atoms with Gasteiger partial charge in [0.25, 0.3) is 0 Å². The van der Waals surface area contributed by atoms with Gasteiger partial charge in [-0.05, 0) is 18.2 Å². The average molecular weight is 210 g/mol. The monoisotopic (exact) mass is 210 g/mol. The van der Waals surface area contributed by atoms with Crippen LogP contribution in [0.25, 0.3) is 0 Å². The molecule has 0 unspecified atom stereocenters. The molecule has 15 heavy (non-hydrogen) atoms. The van der Waals surface area contributed by atoms with E-state index >= 15 is 0 Å². The van der Waals surface area contributed by atoms with Gasteiger partial charge < -0.3 is 15.0 Å². The molecular formula is C11H15FN2O. The fraction of sp³-hybridized carbons (Fsp3) is 0.455. The largest absolute Gasteiger partial charge is 0.383 e. The van der Waals surface area contributed by atoms with Crippen molar-refractivity contribution in [3.05, 3.63) is 24.0 Å². The lowest BCUT2D eigenvalue weighted by atomic mass is 10.2. The highest BCUT2D eigenvalue weighted by molar-refractivity contribution is 5.72. The topological polar surface area (TPSA) is 24.5 Å². The van der Waals surface area contributed by atoms with E-state index in [0.29, 0.717) is 6.61 Å². The number of rotatable bonds is 3. The van der Waals surface area contributed by atoms with Crippen LogP contribution in [0.15, 0.2) is 18.2 Å². The molecule has 0 spiro atoms. The Labute approximate surface area is 88.8 Å². The maximum Gasteiger partial charge on any atom is 0.125 e. The molecular weight excluding hydrogens is 195 g/mol. The van der Waals surface area contributed by atoms with Crippen molar-refractivity contribution in [2.45, 2.75) is 0 Å². The van der Waals surface area contributed by atoms with Gasteiger partial charge in [-0.15, -0.1) is 0 Å². The molecule has 0 fully saturated rings. The molecule has 0 radical (unpaired) electrons. The van der Waals surface area contributed by atoms with Crippen LogP contribution in [0, 0.1) is 5.82 Å². The lowest BCUT2D eigenvalue weighted by molar-refractivity contribution is 0.205. The molecule has 1 aliphatic rings.